The van der Waals surface area contributed by atoms with Crippen molar-refractivity contribution in [3.63, 3.8) is 0 Å². The average molecular weight is 214 g/mol. The predicted octanol–water partition coefficient (Wildman–Crippen LogP) is 2.48. The van der Waals surface area contributed by atoms with Crippen molar-refractivity contribution in [3.8, 4) is 0 Å². The van der Waals surface area contributed by atoms with Crippen LogP contribution in [0.25, 0.3) is 10.9 Å². The van der Waals surface area contributed by atoms with Crippen LogP contribution < -0.4 is 5.73 Å². The van der Waals surface area contributed by atoms with Gasteiger partial charge in [-0.15, -0.1) is 0 Å². The van der Waals surface area contributed by atoms with E-state index < -0.39 is 0 Å². The molecular formula is C14H18N2. The molecule has 0 amide bonds. The highest BCUT2D eigenvalue weighted by atomic mass is 15.0. The fraction of sp³-hybridized carbons (Fsp3) is 0.429. The Balaban J connectivity index is 2.21. The Morgan fingerprint density at radius 3 is 3.06 bits per heavy atom. The Morgan fingerprint density at radius 1 is 1.25 bits per heavy atom. The number of hydrogen-bond donors (Lipinski definition) is 1. The van der Waals surface area contributed by atoms with E-state index in [4.69, 9.17) is 5.73 Å². The topological polar surface area (TPSA) is 30.9 Å². The van der Waals surface area contributed by atoms with E-state index >= 15 is 0 Å². The summed E-state index contributed by atoms with van der Waals surface area (Å²) in [6.07, 6.45) is 4.87. The van der Waals surface area contributed by atoms with Gasteiger partial charge in [0.15, 0.2) is 0 Å². The third-order valence-corrected chi connectivity index (χ3v) is 3.60. The van der Waals surface area contributed by atoms with Gasteiger partial charge in [-0.3, -0.25) is 0 Å². The summed E-state index contributed by atoms with van der Waals surface area (Å²) in [5.74, 6) is 0. The number of nitrogens with zero attached hydrogens (tertiary/aromatic N) is 1. The Bertz CT molecular complexity index is 511. The van der Waals surface area contributed by atoms with Gasteiger partial charge in [0.2, 0.25) is 0 Å². The van der Waals surface area contributed by atoms with Crippen molar-refractivity contribution in [3.05, 3.63) is 35.5 Å². The van der Waals surface area contributed by atoms with Crippen LogP contribution >= 0.6 is 0 Å². The van der Waals surface area contributed by atoms with Crippen LogP contribution in [0.2, 0.25) is 0 Å². The average Bonchev–Trinajstić information content (AvgIpc) is 2.69. The van der Waals surface area contributed by atoms with Gasteiger partial charge in [-0.25, -0.2) is 0 Å². The molecule has 3 rings (SSSR count). The third kappa shape index (κ3) is 1.45. The first-order valence-corrected chi connectivity index (χ1v) is 6.20. The largest absolute Gasteiger partial charge is 0.345 e. The maximum Gasteiger partial charge on any atom is 0.0485 e. The van der Waals surface area contributed by atoms with Crippen molar-refractivity contribution >= 4 is 10.9 Å². The lowest BCUT2D eigenvalue weighted by molar-refractivity contribution is 0.545. The Hall–Kier alpha value is -1.28. The molecule has 1 aromatic heterocycles. The van der Waals surface area contributed by atoms with Crippen LogP contribution in [0.1, 0.15) is 24.1 Å². The zero-order valence-corrected chi connectivity index (χ0v) is 9.58. The number of aromatic nitrogens is 1. The summed E-state index contributed by atoms with van der Waals surface area (Å²) < 4.78 is 2.48. The van der Waals surface area contributed by atoms with E-state index in [0.29, 0.717) is 0 Å². The lowest BCUT2D eigenvalue weighted by Gasteiger charge is -2.15. The second kappa shape index (κ2) is 3.95. The molecule has 1 aromatic carbocycles. The number of rotatable bonds is 2. The second-order valence-corrected chi connectivity index (χ2v) is 4.63. The van der Waals surface area contributed by atoms with E-state index in [9.17, 15) is 0 Å². The standard InChI is InChI=1S/C14H18N2/c15-8-7-11-4-3-6-14-13(11)10-12-5-1-2-9-16(12)14/h3-4,6,10H,1-2,5,7-9,15H2. The van der Waals surface area contributed by atoms with Crippen LogP contribution in [0.5, 0.6) is 0 Å². The summed E-state index contributed by atoms with van der Waals surface area (Å²) in [4.78, 5) is 0. The highest BCUT2D eigenvalue weighted by Gasteiger charge is 2.13. The first kappa shape index (κ1) is 9.91. The molecule has 0 unspecified atom stereocenters. The molecule has 1 aliphatic heterocycles. The smallest absolute Gasteiger partial charge is 0.0485 e. The highest BCUT2D eigenvalue weighted by molar-refractivity contribution is 5.85. The number of nitrogens with two attached hydrogens (primary N) is 1. The number of fused-ring (bicyclic) bond motifs is 3. The quantitative estimate of drug-likeness (QED) is 0.818. The first-order chi connectivity index (χ1) is 7.90. The molecule has 0 atom stereocenters. The van der Waals surface area contributed by atoms with E-state index in [1.165, 1.54) is 48.0 Å². The highest BCUT2D eigenvalue weighted by Crippen LogP contribution is 2.27. The van der Waals surface area contributed by atoms with Gasteiger partial charge < -0.3 is 10.3 Å². The van der Waals surface area contributed by atoms with Crippen LogP contribution in [0, 0.1) is 0 Å². The van der Waals surface area contributed by atoms with E-state index in [-0.39, 0.29) is 0 Å². The van der Waals surface area contributed by atoms with Gasteiger partial charge in [-0.1, -0.05) is 12.1 Å². The Morgan fingerprint density at radius 2 is 2.19 bits per heavy atom. The summed E-state index contributed by atoms with van der Waals surface area (Å²) in [5, 5.41) is 1.42. The van der Waals surface area contributed by atoms with E-state index in [1.54, 1.807) is 0 Å². The third-order valence-electron chi connectivity index (χ3n) is 3.60. The molecule has 0 spiro atoms. The van der Waals surface area contributed by atoms with Crippen LogP contribution in [-0.4, -0.2) is 11.1 Å². The lowest BCUT2D eigenvalue weighted by atomic mass is 10.1. The predicted molar refractivity (Wildman–Crippen MR) is 67.6 cm³/mol. The molecule has 0 bridgehead atoms. The molecule has 2 aromatic rings. The molecule has 2 nitrogen and oxygen atoms in total. The zero-order chi connectivity index (χ0) is 11.0. The summed E-state index contributed by atoms with van der Waals surface area (Å²) in [6.45, 7) is 1.92. The Kier molecular flexibility index (Phi) is 2.44. The molecule has 2 heterocycles. The van der Waals surface area contributed by atoms with Crippen LogP contribution in [0.15, 0.2) is 24.3 Å². The Labute approximate surface area is 96.1 Å². The van der Waals surface area contributed by atoms with E-state index in [1.807, 2.05) is 0 Å². The van der Waals surface area contributed by atoms with Gasteiger partial charge in [-0.05, 0) is 49.9 Å². The molecule has 2 N–H and O–H groups in total. The molecule has 2 heteroatoms. The molecule has 1 aliphatic rings. The van der Waals surface area contributed by atoms with Crippen molar-refractivity contribution in [1.82, 2.24) is 4.57 Å². The maximum atomic E-state index is 5.67. The van der Waals surface area contributed by atoms with Gasteiger partial charge in [0, 0.05) is 23.1 Å². The van der Waals surface area contributed by atoms with Crippen molar-refractivity contribution < 1.29 is 0 Å². The van der Waals surface area contributed by atoms with Crippen molar-refractivity contribution in [2.24, 2.45) is 5.73 Å². The fourth-order valence-electron chi connectivity index (χ4n) is 2.82. The number of benzene rings is 1. The molecule has 0 fully saturated rings. The van der Waals surface area contributed by atoms with Crippen molar-refractivity contribution in [1.29, 1.82) is 0 Å². The summed E-state index contributed by atoms with van der Waals surface area (Å²) >= 11 is 0. The van der Waals surface area contributed by atoms with E-state index in [2.05, 4.69) is 28.8 Å². The summed E-state index contributed by atoms with van der Waals surface area (Å²) in [7, 11) is 0. The van der Waals surface area contributed by atoms with Crippen molar-refractivity contribution in [2.45, 2.75) is 32.2 Å². The number of hydrogen-bond acceptors (Lipinski definition) is 1. The van der Waals surface area contributed by atoms with Crippen LogP contribution in [0.3, 0.4) is 0 Å². The molecule has 0 saturated carbocycles. The van der Waals surface area contributed by atoms with Crippen LogP contribution in [-0.2, 0) is 19.4 Å². The normalized spacial score (nSPS) is 15.3. The minimum Gasteiger partial charge on any atom is -0.345 e. The number of aryl methyl sites for hydroxylation is 2. The molecule has 84 valence electrons. The zero-order valence-electron chi connectivity index (χ0n) is 9.58. The second-order valence-electron chi connectivity index (χ2n) is 4.63. The lowest BCUT2D eigenvalue weighted by Crippen LogP contribution is -2.08. The molecular weight excluding hydrogens is 196 g/mol. The summed E-state index contributed by atoms with van der Waals surface area (Å²) in [6, 6.07) is 8.99. The van der Waals surface area contributed by atoms with Gasteiger partial charge in [-0.2, -0.15) is 0 Å². The van der Waals surface area contributed by atoms with Crippen molar-refractivity contribution in [2.75, 3.05) is 6.54 Å². The van der Waals surface area contributed by atoms with Gasteiger partial charge in [0.05, 0.1) is 0 Å². The minimum atomic E-state index is 0.736. The SMILES string of the molecule is NCCc1cccc2c1cc1n2CCCC1. The fourth-order valence-corrected chi connectivity index (χ4v) is 2.82. The van der Waals surface area contributed by atoms with Crippen LogP contribution in [0.4, 0.5) is 0 Å². The monoisotopic (exact) mass is 214 g/mol. The molecule has 0 saturated heterocycles. The molecule has 0 radical (unpaired) electrons. The molecule has 16 heavy (non-hydrogen) atoms. The van der Waals surface area contributed by atoms with Gasteiger partial charge in [0.25, 0.3) is 0 Å². The van der Waals surface area contributed by atoms with E-state index in [0.717, 1.165) is 13.0 Å². The minimum absolute atomic E-state index is 0.736. The molecule has 0 aliphatic carbocycles. The maximum absolute atomic E-state index is 5.67. The first-order valence-electron chi connectivity index (χ1n) is 6.20. The van der Waals surface area contributed by atoms with Gasteiger partial charge >= 0.3 is 0 Å². The van der Waals surface area contributed by atoms with Gasteiger partial charge in [0.1, 0.15) is 0 Å². The summed E-state index contributed by atoms with van der Waals surface area (Å²) in [5.41, 5.74) is 9.98.